The third-order valence-electron chi connectivity index (χ3n) is 2.59. The summed E-state index contributed by atoms with van der Waals surface area (Å²) in [6.45, 7) is 1.90. The highest BCUT2D eigenvalue weighted by Crippen LogP contribution is 2.12. The number of nitrogens with one attached hydrogen (secondary N) is 2. The molecule has 0 amide bonds. The van der Waals surface area contributed by atoms with E-state index in [1.165, 1.54) is 0 Å². The molecule has 1 heterocycles. The van der Waals surface area contributed by atoms with Gasteiger partial charge in [-0.2, -0.15) is 0 Å². The molecule has 4 heteroatoms. The number of ether oxygens (including phenoxy) is 1. The summed E-state index contributed by atoms with van der Waals surface area (Å²) >= 11 is 0. The molecular weight excluding hydrogens is 212 g/mol. The molecule has 2 rings (SSSR count). The molecule has 1 aliphatic rings. The molecule has 1 aromatic carbocycles. The Bertz CT molecular complexity index is 281. The first kappa shape index (κ1) is 12.3. The molecule has 2 unspecified atom stereocenters. The van der Waals surface area contributed by atoms with Crippen LogP contribution >= 0.6 is 12.4 Å². The zero-order valence-electron chi connectivity index (χ0n) is 8.77. The third kappa shape index (κ3) is 3.09. The summed E-state index contributed by atoms with van der Waals surface area (Å²) in [5.41, 5.74) is 1.16. The van der Waals surface area contributed by atoms with Gasteiger partial charge >= 0.3 is 0 Å². The molecule has 84 valence electrons. The topological polar surface area (TPSA) is 33.3 Å². The van der Waals surface area contributed by atoms with Gasteiger partial charge in [-0.1, -0.05) is 18.2 Å². The maximum absolute atomic E-state index is 5.37. The molecule has 1 fully saturated rings. The fraction of sp³-hybridized carbons (Fsp3) is 0.455. The van der Waals surface area contributed by atoms with Gasteiger partial charge in [0, 0.05) is 25.9 Å². The normalized spacial score (nSPS) is 24.6. The number of anilines is 1. The van der Waals surface area contributed by atoms with Crippen LogP contribution in [0.2, 0.25) is 0 Å². The smallest absolute Gasteiger partial charge is 0.0908 e. The SMILES string of the molecule is COC1CNCC1Nc1ccccc1.Cl. The van der Waals surface area contributed by atoms with Crippen molar-refractivity contribution in [1.29, 1.82) is 0 Å². The number of methoxy groups -OCH3 is 1. The molecule has 0 saturated carbocycles. The van der Waals surface area contributed by atoms with Crippen molar-refractivity contribution in [2.75, 3.05) is 25.5 Å². The van der Waals surface area contributed by atoms with Crippen molar-refractivity contribution in [1.82, 2.24) is 5.32 Å². The van der Waals surface area contributed by atoms with E-state index in [0.29, 0.717) is 6.04 Å². The summed E-state index contributed by atoms with van der Waals surface area (Å²) in [5, 5.41) is 6.76. The summed E-state index contributed by atoms with van der Waals surface area (Å²) in [7, 11) is 1.76. The van der Waals surface area contributed by atoms with Crippen LogP contribution in [0.15, 0.2) is 30.3 Å². The second-order valence-electron chi connectivity index (χ2n) is 3.55. The second kappa shape index (κ2) is 5.95. The highest BCUT2D eigenvalue weighted by Gasteiger charge is 2.26. The van der Waals surface area contributed by atoms with Crippen LogP contribution in [0.5, 0.6) is 0 Å². The molecule has 0 spiro atoms. The van der Waals surface area contributed by atoms with E-state index >= 15 is 0 Å². The number of benzene rings is 1. The Kier molecular flexibility index (Phi) is 4.88. The van der Waals surface area contributed by atoms with Crippen LogP contribution in [0.3, 0.4) is 0 Å². The summed E-state index contributed by atoms with van der Waals surface area (Å²) < 4.78 is 5.37. The van der Waals surface area contributed by atoms with E-state index in [9.17, 15) is 0 Å². The van der Waals surface area contributed by atoms with Gasteiger partial charge in [0.15, 0.2) is 0 Å². The van der Waals surface area contributed by atoms with E-state index in [0.717, 1.165) is 18.8 Å². The van der Waals surface area contributed by atoms with Crippen molar-refractivity contribution in [3.05, 3.63) is 30.3 Å². The molecule has 15 heavy (non-hydrogen) atoms. The van der Waals surface area contributed by atoms with E-state index in [1.807, 2.05) is 18.2 Å². The average Bonchev–Trinajstić information content (AvgIpc) is 2.67. The molecule has 1 saturated heterocycles. The van der Waals surface area contributed by atoms with E-state index in [1.54, 1.807) is 7.11 Å². The minimum absolute atomic E-state index is 0. The lowest BCUT2D eigenvalue weighted by molar-refractivity contribution is 0.112. The van der Waals surface area contributed by atoms with Crippen LogP contribution < -0.4 is 10.6 Å². The lowest BCUT2D eigenvalue weighted by Crippen LogP contribution is -2.33. The lowest BCUT2D eigenvalue weighted by atomic mass is 10.2. The first-order chi connectivity index (χ1) is 6.90. The van der Waals surface area contributed by atoms with Gasteiger partial charge in [0.25, 0.3) is 0 Å². The summed E-state index contributed by atoms with van der Waals surface area (Å²) in [6, 6.07) is 10.6. The van der Waals surface area contributed by atoms with Crippen molar-refractivity contribution >= 4 is 18.1 Å². The molecule has 2 N–H and O–H groups in total. The van der Waals surface area contributed by atoms with Gasteiger partial charge in [-0.05, 0) is 12.1 Å². The van der Waals surface area contributed by atoms with Crippen molar-refractivity contribution in [3.63, 3.8) is 0 Å². The van der Waals surface area contributed by atoms with Crippen LogP contribution in [0, 0.1) is 0 Å². The third-order valence-corrected chi connectivity index (χ3v) is 2.59. The Morgan fingerprint density at radius 1 is 1.27 bits per heavy atom. The Morgan fingerprint density at radius 2 is 2.00 bits per heavy atom. The average molecular weight is 229 g/mol. The Balaban J connectivity index is 0.00000112. The van der Waals surface area contributed by atoms with Crippen LogP contribution in [0.1, 0.15) is 0 Å². The van der Waals surface area contributed by atoms with Crippen LogP contribution in [0.25, 0.3) is 0 Å². The van der Waals surface area contributed by atoms with Crippen LogP contribution in [-0.2, 0) is 4.74 Å². The molecule has 0 radical (unpaired) electrons. The highest BCUT2D eigenvalue weighted by molar-refractivity contribution is 5.85. The quantitative estimate of drug-likeness (QED) is 0.823. The van der Waals surface area contributed by atoms with E-state index in [-0.39, 0.29) is 18.5 Å². The number of hydrogen-bond donors (Lipinski definition) is 2. The monoisotopic (exact) mass is 228 g/mol. The maximum Gasteiger partial charge on any atom is 0.0908 e. The number of para-hydroxylation sites is 1. The molecular formula is C11H17ClN2O. The zero-order chi connectivity index (χ0) is 9.80. The van der Waals surface area contributed by atoms with Crippen molar-refractivity contribution in [2.24, 2.45) is 0 Å². The molecule has 0 aliphatic carbocycles. The van der Waals surface area contributed by atoms with Crippen LogP contribution in [0.4, 0.5) is 5.69 Å². The zero-order valence-corrected chi connectivity index (χ0v) is 9.59. The van der Waals surface area contributed by atoms with Gasteiger partial charge in [0.2, 0.25) is 0 Å². The van der Waals surface area contributed by atoms with Crippen LogP contribution in [-0.4, -0.2) is 32.3 Å². The Morgan fingerprint density at radius 3 is 2.67 bits per heavy atom. The molecule has 0 bridgehead atoms. The first-order valence-electron chi connectivity index (χ1n) is 4.95. The largest absolute Gasteiger partial charge is 0.378 e. The Labute approximate surface area is 96.6 Å². The number of rotatable bonds is 3. The van der Waals surface area contributed by atoms with E-state index in [4.69, 9.17) is 4.74 Å². The summed E-state index contributed by atoms with van der Waals surface area (Å²) in [4.78, 5) is 0. The fourth-order valence-electron chi connectivity index (χ4n) is 1.79. The molecule has 1 aliphatic heterocycles. The van der Waals surface area contributed by atoms with Gasteiger partial charge in [-0.15, -0.1) is 12.4 Å². The van der Waals surface area contributed by atoms with E-state index < -0.39 is 0 Å². The summed E-state index contributed by atoms with van der Waals surface area (Å²) in [6.07, 6.45) is 0.273. The van der Waals surface area contributed by atoms with E-state index in [2.05, 4.69) is 22.8 Å². The number of hydrogen-bond acceptors (Lipinski definition) is 3. The van der Waals surface area contributed by atoms with Gasteiger partial charge in [-0.25, -0.2) is 0 Å². The molecule has 2 atom stereocenters. The highest BCUT2D eigenvalue weighted by atomic mass is 35.5. The minimum atomic E-state index is 0. The van der Waals surface area contributed by atoms with Gasteiger partial charge in [-0.3, -0.25) is 0 Å². The molecule has 3 nitrogen and oxygen atoms in total. The van der Waals surface area contributed by atoms with Gasteiger partial charge in [0.05, 0.1) is 12.1 Å². The molecule has 0 aromatic heterocycles. The Hall–Kier alpha value is -0.770. The second-order valence-corrected chi connectivity index (χ2v) is 3.55. The predicted octanol–water partition coefficient (Wildman–Crippen LogP) is 1.51. The first-order valence-corrected chi connectivity index (χ1v) is 4.95. The fourth-order valence-corrected chi connectivity index (χ4v) is 1.79. The van der Waals surface area contributed by atoms with Crippen molar-refractivity contribution < 1.29 is 4.74 Å². The summed E-state index contributed by atoms with van der Waals surface area (Å²) in [5.74, 6) is 0. The predicted molar refractivity (Wildman–Crippen MR) is 64.8 cm³/mol. The standard InChI is InChI=1S/C11H16N2O.ClH/c1-14-11-8-12-7-10(11)13-9-5-3-2-4-6-9;/h2-6,10-13H,7-8H2,1H3;1H. The lowest BCUT2D eigenvalue weighted by Gasteiger charge is -2.19. The van der Waals surface area contributed by atoms with Gasteiger partial charge < -0.3 is 15.4 Å². The van der Waals surface area contributed by atoms with Gasteiger partial charge in [0.1, 0.15) is 0 Å². The van der Waals surface area contributed by atoms with Crippen molar-refractivity contribution in [3.8, 4) is 0 Å². The minimum Gasteiger partial charge on any atom is -0.378 e. The maximum atomic E-state index is 5.37. The molecule has 1 aromatic rings. The van der Waals surface area contributed by atoms with Crippen molar-refractivity contribution in [2.45, 2.75) is 12.1 Å². The number of halogens is 1.